The predicted octanol–water partition coefficient (Wildman–Crippen LogP) is 3.57. The molecule has 0 spiro atoms. The summed E-state index contributed by atoms with van der Waals surface area (Å²) < 4.78 is 0. The van der Waals surface area contributed by atoms with E-state index < -0.39 is 5.97 Å². The van der Waals surface area contributed by atoms with Crippen LogP contribution in [-0.2, 0) is 4.79 Å². The molecule has 1 aromatic carbocycles. The summed E-state index contributed by atoms with van der Waals surface area (Å²) in [4.78, 5) is 14.9. The van der Waals surface area contributed by atoms with Crippen LogP contribution < -0.4 is 4.90 Å². The molecule has 0 aromatic heterocycles. The Hall–Kier alpha value is -1.07. The molecular weight excluding hydrogens is 290 g/mol. The Labute approximate surface area is 128 Å². The second kappa shape index (κ2) is 5.74. The summed E-state index contributed by atoms with van der Waals surface area (Å²) in [6, 6.07) is 7.97. The Morgan fingerprint density at radius 2 is 2.05 bits per heavy atom. The van der Waals surface area contributed by atoms with E-state index in [4.69, 9.17) is 17.3 Å². The van der Waals surface area contributed by atoms with Crippen LogP contribution in [0.25, 0.3) is 0 Å². The average Bonchev–Trinajstić information content (AvgIpc) is 2.95. The Kier molecular flexibility index (Phi) is 3.98. The summed E-state index contributed by atoms with van der Waals surface area (Å²) in [5.41, 5.74) is 0.944. The van der Waals surface area contributed by atoms with Crippen LogP contribution in [0.4, 0.5) is 5.69 Å². The average molecular weight is 307 g/mol. The van der Waals surface area contributed by atoms with Crippen molar-refractivity contribution in [2.24, 2.45) is 5.92 Å². The number of thiocarbonyl (C=S) groups is 1. The first kappa shape index (κ1) is 13.9. The van der Waals surface area contributed by atoms with Crippen LogP contribution in [0.1, 0.15) is 25.7 Å². The number of carboxylic acid groups (broad SMARTS) is 1. The van der Waals surface area contributed by atoms with Crippen molar-refractivity contribution in [3.8, 4) is 0 Å². The zero-order valence-electron chi connectivity index (χ0n) is 11.1. The normalized spacial score (nSPS) is 22.9. The number of rotatable bonds is 3. The maximum absolute atomic E-state index is 11.1. The van der Waals surface area contributed by atoms with Crippen LogP contribution in [0.2, 0.25) is 0 Å². The first-order valence-corrected chi connectivity index (χ1v) is 8.24. The molecule has 0 radical (unpaired) electrons. The van der Waals surface area contributed by atoms with Crippen molar-refractivity contribution < 1.29 is 9.90 Å². The van der Waals surface area contributed by atoms with Gasteiger partial charge in [-0.2, -0.15) is 0 Å². The van der Waals surface area contributed by atoms with Crippen molar-refractivity contribution in [2.45, 2.75) is 35.8 Å². The number of aliphatic carboxylic acids is 1. The van der Waals surface area contributed by atoms with Crippen molar-refractivity contribution in [1.29, 1.82) is 0 Å². The zero-order chi connectivity index (χ0) is 14.1. The van der Waals surface area contributed by atoms with E-state index in [-0.39, 0.29) is 11.8 Å². The van der Waals surface area contributed by atoms with E-state index in [9.17, 15) is 4.79 Å². The molecule has 1 unspecified atom stereocenters. The van der Waals surface area contributed by atoms with Gasteiger partial charge in [-0.05, 0) is 30.9 Å². The van der Waals surface area contributed by atoms with Crippen molar-refractivity contribution >= 4 is 40.6 Å². The summed E-state index contributed by atoms with van der Waals surface area (Å²) in [6.45, 7) is -0.0420. The third kappa shape index (κ3) is 2.56. The smallest absolute Gasteiger partial charge is 0.323 e. The van der Waals surface area contributed by atoms with E-state index in [1.165, 1.54) is 25.7 Å². The van der Waals surface area contributed by atoms with Gasteiger partial charge in [0.15, 0.2) is 0 Å². The second-order valence-corrected chi connectivity index (χ2v) is 6.97. The number of para-hydroxylation sites is 1. The number of hydrogen-bond donors (Lipinski definition) is 1. The lowest BCUT2D eigenvalue weighted by atomic mass is 10.0. The maximum Gasteiger partial charge on any atom is 0.323 e. The monoisotopic (exact) mass is 307 g/mol. The van der Waals surface area contributed by atoms with Gasteiger partial charge in [0, 0.05) is 4.90 Å². The van der Waals surface area contributed by atoms with Crippen LogP contribution in [0.3, 0.4) is 0 Å². The second-order valence-electron chi connectivity index (χ2n) is 5.37. The van der Waals surface area contributed by atoms with Crippen molar-refractivity contribution in [1.82, 2.24) is 0 Å². The molecule has 1 saturated carbocycles. The molecule has 5 heteroatoms. The number of carboxylic acids is 1. The molecule has 0 bridgehead atoms. The van der Waals surface area contributed by atoms with E-state index in [0.717, 1.165) is 15.6 Å². The van der Waals surface area contributed by atoms with Crippen molar-refractivity contribution in [3.05, 3.63) is 24.3 Å². The largest absolute Gasteiger partial charge is 0.480 e. The van der Waals surface area contributed by atoms with E-state index in [1.54, 1.807) is 0 Å². The number of anilines is 1. The SMILES string of the molecule is O=C(O)CN1C(=S)C(C2CCCC2)Sc2ccccc21. The number of nitrogens with zero attached hydrogens (tertiary/aromatic N) is 1. The molecule has 0 saturated heterocycles. The standard InChI is InChI=1S/C15H17NO2S2/c17-13(18)9-16-11-7-3-4-8-12(11)20-14(15(16)19)10-5-1-2-6-10/h3-4,7-8,10,14H,1-2,5-6,9H2,(H,17,18). The van der Waals surface area contributed by atoms with E-state index in [1.807, 2.05) is 34.9 Å². The van der Waals surface area contributed by atoms with Crippen LogP contribution in [0, 0.1) is 5.92 Å². The molecule has 1 aliphatic heterocycles. The maximum atomic E-state index is 11.1. The molecule has 106 valence electrons. The van der Waals surface area contributed by atoms with Gasteiger partial charge in [0.1, 0.15) is 6.54 Å². The molecule has 0 amide bonds. The molecule has 1 N–H and O–H groups in total. The molecule has 1 heterocycles. The highest BCUT2D eigenvalue weighted by molar-refractivity contribution is 8.02. The molecule has 1 aliphatic carbocycles. The number of thioether (sulfide) groups is 1. The van der Waals surface area contributed by atoms with Gasteiger partial charge in [-0.3, -0.25) is 4.79 Å². The third-order valence-electron chi connectivity index (χ3n) is 4.04. The Morgan fingerprint density at radius 3 is 2.75 bits per heavy atom. The van der Waals surface area contributed by atoms with Gasteiger partial charge in [0.2, 0.25) is 0 Å². The van der Waals surface area contributed by atoms with Crippen LogP contribution in [0.15, 0.2) is 29.2 Å². The minimum atomic E-state index is -0.834. The Morgan fingerprint density at radius 1 is 1.35 bits per heavy atom. The summed E-state index contributed by atoms with van der Waals surface area (Å²) in [7, 11) is 0. The molecule has 20 heavy (non-hydrogen) atoms. The lowest BCUT2D eigenvalue weighted by Gasteiger charge is -2.37. The van der Waals surface area contributed by atoms with Gasteiger partial charge in [0.25, 0.3) is 0 Å². The first-order chi connectivity index (χ1) is 9.66. The van der Waals surface area contributed by atoms with Crippen LogP contribution in [0.5, 0.6) is 0 Å². The van der Waals surface area contributed by atoms with Gasteiger partial charge >= 0.3 is 5.97 Å². The quantitative estimate of drug-likeness (QED) is 0.865. The van der Waals surface area contributed by atoms with E-state index in [2.05, 4.69) is 6.07 Å². The highest BCUT2D eigenvalue weighted by Gasteiger charge is 2.37. The first-order valence-electron chi connectivity index (χ1n) is 6.95. The molecule has 3 nitrogen and oxygen atoms in total. The highest BCUT2D eigenvalue weighted by atomic mass is 32.2. The predicted molar refractivity (Wildman–Crippen MR) is 85.6 cm³/mol. The van der Waals surface area contributed by atoms with Crippen molar-refractivity contribution in [3.63, 3.8) is 0 Å². The lowest BCUT2D eigenvalue weighted by Crippen LogP contribution is -2.44. The minimum Gasteiger partial charge on any atom is -0.480 e. The fourth-order valence-corrected chi connectivity index (χ4v) is 5.02. The number of carbonyl (C=O) groups is 1. The lowest BCUT2D eigenvalue weighted by molar-refractivity contribution is -0.135. The Bertz CT molecular complexity index is 540. The minimum absolute atomic E-state index is 0.0420. The van der Waals surface area contributed by atoms with Gasteiger partial charge in [0.05, 0.1) is 15.9 Å². The fourth-order valence-electron chi connectivity index (χ4n) is 3.10. The molecule has 1 fully saturated rings. The summed E-state index contributed by atoms with van der Waals surface area (Å²) in [5.74, 6) is -0.239. The van der Waals surface area contributed by atoms with Crippen LogP contribution in [-0.4, -0.2) is 27.9 Å². The van der Waals surface area contributed by atoms with Gasteiger partial charge < -0.3 is 10.0 Å². The topological polar surface area (TPSA) is 40.5 Å². The number of benzene rings is 1. The summed E-state index contributed by atoms with van der Waals surface area (Å²) >= 11 is 7.44. The van der Waals surface area contributed by atoms with Crippen molar-refractivity contribution in [2.75, 3.05) is 11.4 Å². The number of hydrogen-bond acceptors (Lipinski definition) is 3. The Balaban J connectivity index is 1.94. The van der Waals surface area contributed by atoms with E-state index in [0.29, 0.717) is 5.92 Å². The summed E-state index contributed by atoms with van der Waals surface area (Å²) in [6.07, 6.45) is 4.96. The van der Waals surface area contributed by atoms with E-state index >= 15 is 0 Å². The van der Waals surface area contributed by atoms with Gasteiger partial charge in [-0.15, -0.1) is 11.8 Å². The third-order valence-corrected chi connectivity index (χ3v) is 6.13. The molecule has 2 aliphatic rings. The molecular formula is C15H17NO2S2. The molecule has 3 rings (SSSR count). The summed E-state index contributed by atoms with van der Waals surface area (Å²) in [5, 5.41) is 9.40. The number of fused-ring (bicyclic) bond motifs is 1. The fraction of sp³-hybridized carbons (Fsp3) is 0.467. The van der Waals surface area contributed by atoms with Crippen LogP contribution >= 0.6 is 24.0 Å². The van der Waals surface area contributed by atoms with Gasteiger partial charge in [-0.25, -0.2) is 0 Å². The molecule has 1 atom stereocenters. The van der Waals surface area contributed by atoms with Gasteiger partial charge in [-0.1, -0.05) is 37.2 Å². The zero-order valence-corrected chi connectivity index (χ0v) is 12.8. The molecule has 1 aromatic rings. The highest BCUT2D eigenvalue weighted by Crippen LogP contribution is 2.45.